The van der Waals surface area contributed by atoms with Gasteiger partial charge in [0.25, 0.3) is 0 Å². The summed E-state index contributed by atoms with van der Waals surface area (Å²) in [6.45, 7) is 10.5. The molecule has 0 aromatic carbocycles. The number of carbonyl (C=O) groups excluding carboxylic acids is 1. The molecule has 3 rings (SSSR count). The van der Waals surface area contributed by atoms with Crippen LogP contribution in [0.1, 0.15) is 37.8 Å². The average Bonchev–Trinajstić information content (AvgIpc) is 3.37. The van der Waals surface area contributed by atoms with Gasteiger partial charge in [0, 0.05) is 31.2 Å². The molecule has 0 atom stereocenters. The maximum atomic E-state index is 12.5. The molecule has 5 nitrogen and oxygen atoms in total. The first-order valence-corrected chi connectivity index (χ1v) is 8.54. The van der Waals surface area contributed by atoms with Crippen LogP contribution in [0.3, 0.4) is 0 Å². The molecular formula is C18H27N3O2. The summed E-state index contributed by atoms with van der Waals surface area (Å²) in [6, 6.07) is 2.02. The SMILES string of the molecule is Cc1cnc(NC(=O)C(C)(C)C2CC2)cc1CN1CCOCC1. The molecule has 0 radical (unpaired) electrons. The first kappa shape index (κ1) is 16.4. The van der Waals surface area contributed by atoms with Gasteiger partial charge in [-0.3, -0.25) is 9.69 Å². The van der Waals surface area contributed by atoms with Gasteiger partial charge in [0.05, 0.1) is 13.2 Å². The first-order chi connectivity index (χ1) is 11.0. The third kappa shape index (κ3) is 3.90. The molecular weight excluding hydrogens is 290 g/mol. The highest BCUT2D eigenvalue weighted by molar-refractivity contribution is 5.94. The van der Waals surface area contributed by atoms with Gasteiger partial charge in [0.2, 0.25) is 5.91 Å². The first-order valence-electron chi connectivity index (χ1n) is 8.54. The smallest absolute Gasteiger partial charge is 0.231 e. The van der Waals surface area contributed by atoms with E-state index in [1.165, 1.54) is 5.56 Å². The number of amides is 1. The van der Waals surface area contributed by atoms with Gasteiger partial charge in [-0.2, -0.15) is 0 Å². The molecule has 5 heteroatoms. The van der Waals surface area contributed by atoms with E-state index in [9.17, 15) is 4.79 Å². The Balaban J connectivity index is 1.68. The van der Waals surface area contributed by atoms with Crippen LogP contribution in [0.5, 0.6) is 0 Å². The lowest BCUT2D eigenvalue weighted by molar-refractivity contribution is -0.124. The van der Waals surface area contributed by atoms with Crippen LogP contribution in [0, 0.1) is 18.3 Å². The molecule has 2 aliphatic rings. The Morgan fingerprint density at radius 2 is 2.09 bits per heavy atom. The van der Waals surface area contributed by atoms with E-state index in [2.05, 4.69) is 22.1 Å². The zero-order valence-electron chi connectivity index (χ0n) is 14.4. The van der Waals surface area contributed by atoms with Crippen LogP contribution < -0.4 is 5.32 Å². The maximum absolute atomic E-state index is 12.5. The Bertz CT molecular complexity index is 576. The molecule has 1 saturated heterocycles. The molecule has 0 spiro atoms. The molecule has 0 bridgehead atoms. The highest BCUT2D eigenvalue weighted by atomic mass is 16.5. The molecule has 23 heavy (non-hydrogen) atoms. The van der Waals surface area contributed by atoms with E-state index in [0.717, 1.165) is 51.3 Å². The third-order valence-electron chi connectivity index (χ3n) is 5.14. The van der Waals surface area contributed by atoms with E-state index in [0.29, 0.717) is 11.7 Å². The maximum Gasteiger partial charge on any atom is 0.231 e. The van der Waals surface area contributed by atoms with Crippen LogP contribution in [-0.4, -0.2) is 42.1 Å². The number of aromatic nitrogens is 1. The summed E-state index contributed by atoms with van der Waals surface area (Å²) in [5, 5.41) is 3.02. The summed E-state index contributed by atoms with van der Waals surface area (Å²) in [5.74, 6) is 1.26. The monoisotopic (exact) mass is 317 g/mol. The third-order valence-corrected chi connectivity index (χ3v) is 5.14. The second-order valence-corrected chi connectivity index (χ2v) is 7.33. The second-order valence-electron chi connectivity index (χ2n) is 7.33. The number of anilines is 1. The van der Waals surface area contributed by atoms with Gasteiger partial charge in [-0.15, -0.1) is 0 Å². The Morgan fingerprint density at radius 3 is 2.74 bits per heavy atom. The van der Waals surface area contributed by atoms with Gasteiger partial charge in [-0.1, -0.05) is 13.8 Å². The normalized spacial score (nSPS) is 19.6. The minimum Gasteiger partial charge on any atom is -0.379 e. The lowest BCUT2D eigenvalue weighted by atomic mass is 9.86. The van der Waals surface area contributed by atoms with Crippen LogP contribution in [0.2, 0.25) is 0 Å². The van der Waals surface area contributed by atoms with Gasteiger partial charge in [0.15, 0.2) is 0 Å². The van der Waals surface area contributed by atoms with Crippen LogP contribution >= 0.6 is 0 Å². The van der Waals surface area contributed by atoms with Crippen molar-refractivity contribution in [3.05, 3.63) is 23.4 Å². The number of aryl methyl sites for hydroxylation is 1. The topological polar surface area (TPSA) is 54.5 Å². The Labute approximate surface area is 138 Å². The van der Waals surface area contributed by atoms with Crippen LogP contribution in [0.25, 0.3) is 0 Å². The van der Waals surface area contributed by atoms with Crippen molar-refractivity contribution in [1.82, 2.24) is 9.88 Å². The number of hydrogen-bond donors (Lipinski definition) is 1. The number of pyridine rings is 1. The van der Waals surface area contributed by atoms with Crippen molar-refractivity contribution in [2.45, 2.75) is 40.2 Å². The van der Waals surface area contributed by atoms with Gasteiger partial charge in [-0.05, 0) is 42.9 Å². The average molecular weight is 317 g/mol. The fourth-order valence-corrected chi connectivity index (χ4v) is 3.07. The Kier molecular flexibility index (Phi) is 4.69. The van der Waals surface area contributed by atoms with Crippen molar-refractivity contribution < 1.29 is 9.53 Å². The predicted octanol–water partition coefficient (Wildman–Crippen LogP) is 2.60. The molecule has 2 fully saturated rings. The summed E-state index contributed by atoms with van der Waals surface area (Å²) in [7, 11) is 0. The van der Waals surface area contributed by atoms with Crippen molar-refractivity contribution in [2.24, 2.45) is 11.3 Å². The fourth-order valence-electron chi connectivity index (χ4n) is 3.07. The standard InChI is InChI=1S/C18H27N3O2/c1-13-11-19-16(20-17(22)18(2,3)15-4-5-15)10-14(13)12-21-6-8-23-9-7-21/h10-11,15H,4-9,12H2,1-3H3,(H,19,20,22). The quantitative estimate of drug-likeness (QED) is 0.907. The Morgan fingerprint density at radius 1 is 1.39 bits per heavy atom. The largest absolute Gasteiger partial charge is 0.379 e. The molecule has 1 aliphatic heterocycles. The highest BCUT2D eigenvalue weighted by Crippen LogP contribution is 2.45. The number of ether oxygens (including phenoxy) is 1. The number of nitrogens with zero attached hydrogens (tertiary/aromatic N) is 2. The van der Waals surface area contributed by atoms with E-state index in [-0.39, 0.29) is 11.3 Å². The number of carbonyl (C=O) groups is 1. The number of morpholine rings is 1. The van der Waals surface area contributed by atoms with Crippen molar-refractivity contribution in [3.63, 3.8) is 0 Å². The van der Waals surface area contributed by atoms with E-state index >= 15 is 0 Å². The highest BCUT2D eigenvalue weighted by Gasteiger charge is 2.43. The molecule has 1 saturated carbocycles. The lowest BCUT2D eigenvalue weighted by Crippen LogP contribution is -2.36. The van der Waals surface area contributed by atoms with Crippen LogP contribution in [-0.2, 0) is 16.1 Å². The molecule has 126 valence electrons. The van der Waals surface area contributed by atoms with E-state index < -0.39 is 0 Å². The molecule has 1 amide bonds. The Hall–Kier alpha value is -1.46. The van der Waals surface area contributed by atoms with Crippen molar-refractivity contribution in [3.8, 4) is 0 Å². The lowest BCUT2D eigenvalue weighted by Gasteiger charge is -2.27. The summed E-state index contributed by atoms with van der Waals surface area (Å²) in [5.41, 5.74) is 2.08. The summed E-state index contributed by atoms with van der Waals surface area (Å²) in [4.78, 5) is 19.3. The van der Waals surface area contributed by atoms with Crippen molar-refractivity contribution >= 4 is 11.7 Å². The number of hydrogen-bond acceptors (Lipinski definition) is 4. The molecule has 1 aromatic heterocycles. The van der Waals surface area contributed by atoms with Crippen molar-refractivity contribution in [2.75, 3.05) is 31.6 Å². The van der Waals surface area contributed by atoms with E-state index in [1.54, 1.807) is 0 Å². The molecule has 1 N–H and O–H groups in total. The van der Waals surface area contributed by atoms with Gasteiger partial charge >= 0.3 is 0 Å². The summed E-state index contributed by atoms with van der Waals surface area (Å²) >= 11 is 0. The van der Waals surface area contributed by atoms with Gasteiger partial charge in [-0.25, -0.2) is 4.98 Å². The molecule has 1 aromatic rings. The summed E-state index contributed by atoms with van der Waals surface area (Å²) < 4.78 is 5.40. The van der Waals surface area contributed by atoms with Crippen LogP contribution in [0.4, 0.5) is 5.82 Å². The zero-order chi connectivity index (χ0) is 16.4. The fraction of sp³-hybridized carbons (Fsp3) is 0.667. The predicted molar refractivity (Wildman–Crippen MR) is 90.2 cm³/mol. The van der Waals surface area contributed by atoms with Crippen molar-refractivity contribution in [1.29, 1.82) is 0 Å². The number of nitrogens with one attached hydrogen (secondary N) is 1. The minimum absolute atomic E-state index is 0.0775. The number of rotatable bonds is 5. The molecule has 0 unspecified atom stereocenters. The zero-order valence-corrected chi connectivity index (χ0v) is 14.4. The minimum atomic E-state index is -0.309. The van der Waals surface area contributed by atoms with Gasteiger partial charge < -0.3 is 10.1 Å². The summed E-state index contributed by atoms with van der Waals surface area (Å²) in [6.07, 6.45) is 4.17. The van der Waals surface area contributed by atoms with Gasteiger partial charge in [0.1, 0.15) is 5.82 Å². The molecule has 1 aliphatic carbocycles. The molecule has 2 heterocycles. The second kappa shape index (κ2) is 6.57. The van der Waals surface area contributed by atoms with E-state index in [4.69, 9.17) is 4.74 Å². The van der Waals surface area contributed by atoms with E-state index in [1.807, 2.05) is 26.1 Å². The van der Waals surface area contributed by atoms with Crippen LogP contribution in [0.15, 0.2) is 12.3 Å².